The van der Waals surface area contributed by atoms with Gasteiger partial charge in [0.25, 0.3) is 0 Å². The summed E-state index contributed by atoms with van der Waals surface area (Å²) in [5.74, 6) is 0.998. The molecule has 0 spiro atoms. The molecule has 0 radical (unpaired) electrons. The molecule has 0 bridgehead atoms. The van der Waals surface area contributed by atoms with Crippen molar-refractivity contribution < 1.29 is 44.3 Å². The average molecular weight is 613 g/mol. The van der Waals surface area contributed by atoms with Crippen molar-refractivity contribution in [2.45, 2.75) is 65.2 Å². The third-order valence-electron chi connectivity index (χ3n) is 2.35. The number of thioether (sulfide) groups is 1. The van der Waals surface area contributed by atoms with E-state index < -0.39 is 0 Å². The number of alkyl halides is 3. The molecule has 0 aromatic carbocycles. The van der Waals surface area contributed by atoms with Gasteiger partial charge in [-0.3, -0.25) is 9.59 Å². The summed E-state index contributed by atoms with van der Waals surface area (Å²) >= 11 is 14.9. The predicted octanol–water partition coefficient (Wildman–Crippen LogP) is 3.00. The van der Waals surface area contributed by atoms with E-state index in [0.29, 0.717) is 0 Å². The van der Waals surface area contributed by atoms with E-state index in [1.165, 1.54) is 70.1 Å². The normalized spacial score (nSPS) is 8.46. The quantitative estimate of drug-likeness (QED) is 0.169. The summed E-state index contributed by atoms with van der Waals surface area (Å²) in [6.45, 7) is 3.02. The van der Waals surface area contributed by atoms with E-state index in [1.54, 1.807) is 6.92 Å². The van der Waals surface area contributed by atoms with Gasteiger partial charge >= 0.3 is 29.6 Å². The maximum atomic E-state index is 10.5. The third kappa shape index (κ3) is 71.8. The summed E-state index contributed by atoms with van der Waals surface area (Å²) < 4.78 is 0. The zero-order valence-electron chi connectivity index (χ0n) is 16.7. The van der Waals surface area contributed by atoms with Gasteiger partial charge in [-0.2, -0.15) is 7.11 Å². The smallest absolute Gasteiger partial charge is 0.857 e. The van der Waals surface area contributed by atoms with Crippen molar-refractivity contribution in [3.8, 4) is 0 Å². The molecular weight excluding hydrogens is 579 g/mol. The Bertz CT molecular complexity index is 255. The first kappa shape index (κ1) is 39.0. The fourth-order valence-corrected chi connectivity index (χ4v) is 3.13. The van der Waals surface area contributed by atoms with Crippen molar-refractivity contribution in [2.75, 3.05) is 28.9 Å². The van der Waals surface area contributed by atoms with Crippen LogP contribution in [0.1, 0.15) is 65.2 Å². The molecule has 0 atom stereocenters. The number of hydrogen-bond acceptors (Lipinski definition) is 4. The van der Waals surface area contributed by atoms with E-state index in [9.17, 15) is 9.59 Å². The molecule has 0 aliphatic rings. The summed E-state index contributed by atoms with van der Waals surface area (Å²) in [6.07, 6.45) is 10.4. The first-order valence-corrected chi connectivity index (χ1v) is 13.1. The van der Waals surface area contributed by atoms with Gasteiger partial charge < -0.3 is 5.11 Å². The Hall–Kier alpha value is 2.44. The van der Waals surface area contributed by atoms with Crippen LogP contribution in [-0.2, 0) is 9.59 Å². The third-order valence-corrected chi connectivity index (χ3v) is 4.93. The van der Waals surface area contributed by atoms with Crippen molar-refractivity contribution in [1.82, 2.24) is 0 Å². The van der Waals surface area contributed by atoms with Crippen LogP contribution < -0.4 is 34.7 Å². The second-order valence-corrected chi connectivity index (χ2v) is 9.04. The van der Waals surface area contributed by atoms with Gasteiger partial charge in [0.2, 0.25) is 0 Å². The zero-order chi connectivity index (χ0) is 20.3. The fourth-order valence-electron chi connectivity index (χ4n) is 1.31. The van der Waals surface area contributed by atoms with Gasteiger partial charge in [0.15, 0.2) is 10.2 Å². The number of unbranched alkanes of at least 4 members (excludes halogenated alkanes) is 6. The second-order valence-electron chi connectivity index (χ2n) is 4.75. The van der Waals surface area contributed by atoms with E-state index >= 15 is 0 Å². The SMILES string of the molecule is BrCCCCCCBr.CC(=O)S.CC(=O)SCCCCCCBr.C[O-].[Na+]. The summed E-state index contributed by atoms with van der Waals surface area (Å²) in [6, 6.07) is 0. The van der Waals surface area contributed by atoms with Crippen LogP contribution in [0.2, 0.25) is 0 Å². The molecule has 0 N–H and O–H groups in total. The Morgan fingerprint density at radius 2 is 1.04 bits per heavy atom. The van der Waals surface area contributed by atoms with Crippen LogP contribution in [0.15, 0.2) is 0 Å². The van der Waals surface area contributed by atoms with Crippen LogP contribution in [0.25, 0.3) is 0 Å². The van der Waals surface area contributed by atoms with Gasteiger partial charge in [-0.25, -0.2) is 0 Å². The van der Waals surface area contributed by atoms with Crippen molar-refractivity contribution in [2.24, 2.45) is 0 Å². The molecule has 0 saturated heterocycles. The minimum atomic E-state index is -0.139. The van der Waals surface area contributed by atoms with E-state index in [0.717, 1.165) is 28.9 Å². The van der Waals surface area contributed by atoms with Gasteiger partial charge in [0.05, 0.1) is 0 Å². The Labute approximate surface area is 218 Å². The summed E-state index contributed by atoms with van der Waals surface area (Å²) in [4.78, 5) is 19.8. The number of hydrogen-bond donors (Lipinski definition) is 1. The fraction of sp³-hybridized carbons (Fsp3) is 0.882. The molecule has 0 aromatic heterocycles. The number of carbonyl (C=O) groups is 2. The molecule has 0 heterocycles. The summed E-state index contributed by atoms with van der Waals surface area (Å²) in [5, 5.41) is 11.8. The molecule has 9 heteroatoms. The monoisotopic (exact) mass is 610 g/mol. The first-order chi connectivity index (χ1) is 11.9. The maximum absolute atomic E-state index is 10.5. The zero-order valence-corrected chi connectivity index (χ0v) is 25.2. The van der Waals surface area contributed by atoms with E-state index in [4.69, 9.17) is 5.11 Å². The largest absolute Gasteiger partial charge is 1.00 e. The van der Waals surface area contributed by atoms with E-state index in [1.807, 2.05) is 0 Å². The summed E-state index contributed by atoms with van der Waals surface area (Å²) in [7, 11) is 0.750. The van der Waals surface area contributed by atoms with E-state index in [-0.39, 0.29) is 39.8 Å². The molecule has 0 rings (SSSR count). The van der Waals surface area contributed by atoms with Gasteiger partial charge in [-0.1, -0.05) is 85.2 Å². The minimum absolute atomic E-state index is 0. The van der Waals surface area contributed by atoms with Gasteiger partial charge in [-0.15, -0.1) is 12.6 Å². The van der Waals surface area contributed by atoms with Crippen molar-refractivity contribution in [1.29, 1.82) is 0 Å². The molecule has 0 unspecified atom stereocenters. The van der Waals surface area contributed by atoms with Crippen LogP contribution >= 0.6 is 72.2 Å². The Morgan fingerprint density at radius 3 is 1.27 bits per heavy atom. The van der Waals surface area contributed by atoms with Gasteiger partial charge in [-0.05, 0) is 25.7 Å². The first-order valence-electron chi connectivity index (χ1n) is 8.33. The number of carbonyl (C=O) groups excluding carboxylic acids is 2. The van der Waals surface area contributed by atoms with Gasteiger partial charge in [0, 0.05) is 35.6 Å². The van der Waals surface area contributed by atoms with Crippen molar-refractivity contribution in [3.63, 3.8) is 0 Å². The predicted molar refractivity (Wildman–Crippen MR) is 127 cm³/mol. The Kier molecular flexibility index (Phi) is 62.6. The molecular formula is C17H34Br3NaO3S2. The number of rotatable bonds is 11. The van der Waals surface area contributed by atoms with Crippen LogP contribution in [-0.4, -0.2) is 39.1 Å². The van der Waals surface area contributed by atoms with Crippen molar-refractivity contribution in [3.05, 3.63) is 0 Å². The topological polar surface area (TPSA) is 57.2 Å². The molecule has 154 valence electrons. The molecule has 26 heavy (non-hydrogen) atoms. The molecule has 0 aromatic rings. The second kappa shape index (κ2) is 41.7. The maximum Gasteiger partial charge on any atom is 1.00 e. The van der Waals surface area contributed by atoms with Crippen LogP contribution in [0.3, 0.4) is 0 Å². The Balaban J connectivity index is -0.0000000864. The number of thiol groups is 1. The summed E-state index contributed by atoms with van der Waals surface area (Å²) in [5.41, 5.74) is 0. The number of halogens is 3. The van der Waals surface area contributed by atoms with Crippen LogP contribution in [0, 0.1) is 0 Å². The molecule has 0 amide bonds. The average Bonchev–Trinajstić information content (AvgIpc) is 2.57. The van der Waals surface area contributed by atoms with E-state index in [2.05, 4.69) is 60.4 Å². The molecule has 0 saturated carbocycles. The molecule has 0 aliphatic carbocycles. The minimum Gasteiger partial charge on any atom is -0.857 e. The molecule has 0 fully saturated rings. The van der Waals surface area contributed by atoms with Gasteiger partial charge in [0.1, 0.15) is 0 Å². The Morgan fingerprint density at radius 1 is 0.769 bits per heavy atom. The molecule has 3 nitrogen and oxygen atoms in total. The van der Waals surface area contributed by atoms with Crippen molar-refractivity contribution >= 4 is 82.4 Å². The standard InChI is InChI=1S/C8H15BrOS.C6H12Br2.C2H4OS.CH3O.Na/c1-8(10)11-7-5-3-2-4-6-9;7-5-3-1-2-4-6-8;1-2(3)4;1-2;/h2-7H2,1H3;1-6H2;1H3,(H,3,4);1H3;/q;;;-1;+1. The molecule has 0 aliphatic heterocycles. The van der Waals surface area contributed by atoms with Crippen LogP contribution in [0.5, 0.6) is 0 Å². The van der Waals surface area contributed by atoms with Crippen LogP contribution in [0.4, 0.5) is 0 Å².